The molecule has 5 atom stereocenters. The summed E-state index contributed by atoms with van der Waals surface area (Å²) in [5.74, 6) is 6.55. The predicted molar refractivity (Wildman–Crippen MR) is 138 cm³/mol. The van der Waals surface area contributed by atoms with Crippen molar-refractivity contribution in [2.24, 2.45) is 17.3 Å². The van der Waals surface area contributed by atoms with Gasteiger partial charge in [-0.15, -0.1) is 5.92 Å². The zero-order chi connectivity index (χ0) is 25.5. The average molecular weight is 485 g/mol. The number of hydrogen-bond acceptors (Lipinski definition) is 5. The summed E-state index contributed by atoms with van der Waals surface area (Å²) in [7, 11) is 1.64. The first-order valence-corrected chi connectivity index (χ1v) is 13.3. The smallest absolute Gasteiger partial charge is 0.338 e. The fraction of sp³-hybridized carbons (Fsp3) is 0.700. The standard InChI is InChI=1S/C30H44O5/c1-6-30(7-2,34-22-33-5)21-12-11-20-29(4,32)26-18-17-24-25(16-13-19-28(24,26)3)35-27(31)23-14-9-8-10-15-23/h8-10,14-15,24-26,32H,6-7,12-13,16-19,21-22H2,1-5H3. The Kier molecular flexibility index (Phi) is 9.43. The second kappa shape index (κ2) is 11.9. The summed E-state index contributed by atoms with van der Waals surface area (Å²) < 4.78 is 17.1. The number of esters is 1. The third-order valence-corrected chi connectivity index (χ3v) is 8.83. The van der Waals surface area contributed by atoms with Crippen LogP contribution in [0.25, 0.3) is 0 Å². The summed E-state index contributed by atoms with van der Waals surface area (Å²) in [4.78, 5) is 12.7. The lowest BCUT2D eigenvalue weighted by Crippen LogP contribution is -2.48. The third kappa shape index (κ3) is 6.28. The van der Waals surface area contributed by atoms with Gasteiger partial charge in [0.2, 0.25) is 0 Å². The number of rotatable bonds is 10. The van der Waals surface area contributed by atoms with E-state index in [1.54, 1.807) is 19.2 Å². The molecule has 5 unspecified atom stereocenters. The lowest BCUT2D eigenvalue weighted by molar-refractivity contribution is -0.137. The molecule has 1 aromatic carbocycles. The minimum atomic E-state index is -1.08. The summed E-state index contributed by atoms with van der Waals surface area (Å²) >= 11 is 0. The van der Waals surface area contributed by atoms with E-state index in [0.29, 0.717) is 12.0 Å². The molecule has 0 amide bonds. The molecule has 5 nitrogen and oxygen atoms in total. The molecule has 0 spiro atoms. The third-order valence-electron chi connectivity index (χ3n) is 8.83. The maximum atomic E-state index is 12.7. The van der Waals surface area contributed by atoms with Crippen LogP contribution in [-0.2, 0) is 14.2 Å². The van der Waals surface area contributed by atoms with Gasteiger partial charge in [0.1, 0.15) is 18.5 Å². The van der Waals surface area contributed by atoms with Crippen LogP contribution in [0.2, 0.25) is 0 Å². The van der Waals surface area contributed by atoms with Gasteiger partial charge < -0.3 is 19.3 Å². The van der Waals surface area contributed by atoms with E-state index in [0.717, 1.165) is 51.4 Å². The molecule has 2 saturated carbocycles. The van der Waals surface area contributed by atoms with E-state index in [-0.39, 0.29) is 41.7 Å². The number of aliphatic hydroxyl groups is 1. The Balaban J connectivity index is 1.66. The van der Waals surface area contributed by atoms with Crippen LogP contribution in [0.5, 0.6) is 0 Å². The molecule has 194 valence electrons. The van der Waals surface area contributed by atoms with Crippen molar-refractivity contribution in [3.8, 4) is 11.8 Å². The van der Waals surface area contributed by atoms with Crippen molar-refractivity contribution >= 4 is 5.97 Å². The Morgan fingerprint density at radius 2 is 1.89 bits per heavy atom. The van der Waals surface area contributed by atoms with Crippen LogP contribution in [0.1, 0.15) is 95.8 Å². The van der Waals surface area contributed by atoms with Gasteiger partial charge in [0.05, 0.1) is 11.2 Å². The van der Waals surface area contributed by atoms with Crippen LogP contribution >= 0.6 is 0 Å². The molecule has 35 heavy (non-hydrogen) atoms. The second-order valence-electron chi connectivity index (χ2n) is 10.8. The molecular weight excluding hydrogens is 440 g/mol. The second-order valence-corrected chi connectivity index (χ2v) is 10.8. The number of carbonyl (C=O) groups excluding carboxylic acids is 1. The molecule has 0 radical (unpaired) electrons. The van der Waals surface area contributed by atoms with Crippen LogP contribution in [0.15, 0.2) is 30.3 Å². The highest BCUT2D eigenvalue weighted by molar-refractivity contribution is 5.89. The zero-order valence-electron chi connectivity index (χ0n) is 22.3. The fourth-order valence-electron chi connectivity index (χ4n) is 6.65. The van der Waals surface area contributed by atoms with Gasteiger partial charge in [0.25, 0.3) is 0 Å². The molecule has 0 aliphatic heterocycles. The summed E-state index contributed by atoms with van der Waals surface area (Å²) in [6.45, 7) is 8.68. The average Bonchev–Trinajstić information content (AvgIpc) is 3.23. The Bertz CT molecular complexity index is 879. The number of fused-ring (bicyclic) bond motifs is 1. The Labute approximate surface area is 211 Å². The van der Waals surface area contributed by atoms with Crippen LogP contribution in [0.3, 0.4) is 0 Å². The minimum Gasteiger partial charge on any atom is -0.458 e. The molecule has 2 fully saturated rings. The van der Waals surface area contributed by atoms with Crippen molar-refractivity contribution in [1.29, 1.82) is 0 Å². The van der Waals surface area contributed by atoms with Crippen molar-refractivity contribution < 1.29 is 24.1 Å². The van der Waals surface area contributed by atoms with E-state index in [2.05, 4.69) is 32.6 Å². The van der Waals surface area contributed by atoms with Crippen molar-refractivity contribution in [3.63, 3.8) is 0 Å². The molecular formula is C30H44O5. The lowest BCUT2D eigenvalue weighted by atomic mass is 9.61. The summed E-state index contributed by atoms with van der Waals surface area (Å²) in [5, 5.41) is 11.5. The van der Waals surface area contributed by atoms with E-state index >= 15 is 0 Å². The highest BCUT2D eigenvalue weighted by atomic mass is 16.7. The van der Waals surface area contributed by atoms with E-state index in [1.165, 1.54) is 0 Å². The number of hydrogen-bond donors (Lipinski definition) is 1. The SMILES string of the molecule is CCC(CC)(CCC#CC(C)(O)C1CCC2C(OC(=O)c3ccccc3)CCCC21C)OCOC. The van der Waals surface area contributed by atoms with Gasteiger partial charge in [-0.2, -0.15) is 0 Å². The first-order valence-electron chi connectivity index (χ1n) is 13.3. The maximum absolute atomic E-state index is 12.7. The largest absolute Gasteiger partial charge is 0.458 e. The van der Waals surface area contributed by atoms with Gasteiger partial charge in [-0.3, -0.25) is 0 Å². The number of ether oxygens (including phenoxy) is 3. The lowest BCUT2D eigenvalue weighted by Gasteiger charge is -2.47. The van der Waals surface area contributed by atoms with Crippen molar-refractivity contribution in [3.05, 3.63) is 35.9 Å². The first-order chi connectivity index (χ1) is 16.7. The molecule has 0 saturated heterocycles. The highest BCUT2D eigenvalue weighted by Gasteiger charge is 2.57. The minimum absolute atomic E-state index is 0.0533. The van der Waals surface area contributed by atoms with Crippen molar-refractivity contribution in [2.75, 3.05) is 13.9 Å². The predicted octanol–water partition coefficient (Wildman–Crippen LogP) is 6.14. The van der Waals surface area contributed by atoms with E-state index in [9.17, 15) is 9.90 Å². The molecule has 2 aliphatic carbocycles. The van der Waals surface area contributed by atoms with Gasteiger partial charge in [-0.05, 0) is 75.8 Å². The molecule has 1 N–H and O–H groups in total. The molecule has 3 rings (SSSR count). The van der Waals surface area contributed by atoms with Gasteiger partial charge in [0.15, 0.2) is 0 Å². The van der Waals surface area contributed by atoms with Crippen LogP contribution in [0, 0.1) is 29.1 Å². The van der Waals surface area contributed by atoms with Crippen LogP contribution in [0.4, 0.5) is 0 Å². The molecule has 0 heterocycles. The molecule has 2 aliphatic rings. The normalized spacial score (nSPS) is 27.9. The van der Waals surface area contributed by atoms with Crippen LogP contribution < -0.4 is 0 Å². The Hall–Kier alpha value is -1.87. The summed E-state index contributed by atoms with van der Waals surface area (Å²) in [6, 6.07) is 9.22. The van der Waals surface area contributed by atoms with Crippen molar-refractivity contribution in [1.82, 2.24) is 0 Å². The van der Waals surface area contributed by atoms with Gasteiger partial charge in [-0.1, -0.05) is 44.9 Å². The monoisotopic (exact) mass is 484 g/mol. The van der Waals surface area contributed by atoms with E-state index < -0.39 is 5.60 Å². The van der Waals surface area contributed by atoms with E-state index in [1.807, 2.05) is 25.1 Å². The van der Waals surface area contributed by atoms with Crippen molar-refractivity contribution in [2.45, 2.75) is 103 Å². The fourth-order valence-corrected chi connectivity index (χ4v) is 6.65. The van der Waals surface area contributed by atoms with Crippen LogP contribution in [-0.4, -0.2) is 42.3 Å². The zero-order valence-corrected chi connectivity index (χ0v) is 22.3. The first kappa shape index (κ1) is 27.7. The van der Waals surface area contributed by atoms with Gasteiger partial charge >= 0.3 is 5.97 Å². The number of carbonyl (C=O) groups is 1. The number of methoxy groups -OCH3 is 1. The Morgan fingerprint density at radius 3 is 2.54 bits per heavy atom. The molecule has 5 heteroatoms. The van der Waals surface area contributed by atoms with E-state index in [4.69, 9.17) is 14.2 Å². The molecule has 0 bridgehead atoms. The summed E-state index contributed by atoms with van der Waals surface area (Å²) in [5.41, 5.74) is -0.823. The quantitative estimate of drug-likeness (QED) is 0.245. The van der Waals surface area contributed by atoms with Gasteiger partial charge in [0, 0.05) is 25.4 Å². The molecule has 0 aromatic heterocycles. The van der Waals surface area contributed by atoms with Gasteiger partial charge in [-0.25, -0.2) is 4.79 Å². The Morgan fingerprint density at radius 1 is 1.17 bits per heavy atom. The highest BCUT2D eigenvalue weighted by Crippen LogP contribution is 2.59. The summed E-state index contributed by atoms with van der Waals surface area (Å²) in [6.07, 6.45) is 7.93. The number of benzene rings is 1. The maximum Gasteiger partial charge on any atom is 0.338 e. The molecule has 1 aromatic rings. The topological polar surface area (TPSA) is 65.0 Å².